The first-order valence-electron chi connectivity index (χ1n) is 10.8. The summed E-state index contributed by atoms with van der Waals surface area (Å²) in [7, 11) is 0. The summed E-state index contributed by atoms with van der Waals surface area (Å²) in [6, 6.07) is 7.77. The molecule has 0 spiro atoms. The molecule has 0 radical (unpaired) electrons. The molecule has 1 saturated heterocycles. The van der Waals surface area contributed by atoms with Crippen LogP contribution in [0, 0.1) is 5.92 Å². The fourth-order valence-corrected chi connectivity index (χ4v) is 4.34. The predicted octanol–water partition coefficient (Wildman–Crippen LogP) is 2.53. The van der Waals surface area contributed by atoms with Crippen molar-refractivity contribution in [3.63, 3.8) is 0 Å². The van der Waals surface area contributed by atoms with Crippen molar-refractivity contribution >= 4 is 22.8 Å². The number of hydrogen-bond donors (Lipinski definition) is 2. The normalized spacial score (nSPS) is 20.1. The quantitative estimate of drug-likeness (QED) is 0.751. The molecule has 1 aromatic heterocycles. The highest BCUT2D eigenvalue weighted by Gasteiger charge is 2.22. The third-order valence-electron chi connectivity index (χ3n) is 5.98. The SMILES string of the molecule is O=C(Cn1c(CNC(=O)C2CCCCC2)nc2ccccc21)NCC1CCCO1. The molecular weight excluding hydrogens is 368 g/mol. The van der Waals surface area contributed by atoms with Gasteiger partial charge in [-0.15, -0.1) is 0 Å². The Labute approximate surface area is 171 Å². The van der Waals surface area contributed by atoms with Crippen LogP contribution in [-0.2, 0) is 27.4 Å². The van der Waals surface area contributed by atoms with Crippen molar-refractivity contribution in [3.8, 4) is 0 Å². The number of benzene rings is 1. The van der Waals surface area contributed by atoms with E-state index < -0.39 is 0 Å². The molecule has 1 saturated carbocycles. The van der Waals surface area contributed by atoms with Crippen LogP contribution in [0.3, 0.4) is 0 Å². The highest BCUT2D eigenvalue weighted by molar-refractivity contribution is 5.81. The van der Waals surface area contributed by atoms with E-state index in [9.17, 15) is 9.59 Å². The Kier molecular flexibility index (Phi) is 6.44. The van der Waals surface area contributed by atoms with Gasteiger partial charge in [-0.3, -0.25) is 9.59 Å². The molecule has 29 heavy (non-hydrogen) atoms. The zero-order valence-corrected chi connectivity index (χ0v) is 16.9. The highest BCUT2D eigenvalue weighted by Crippen LogP contribution is 2.24. The van der Waals surface area contributed by atoms with E-state index >= 15 is 0 Å². The summed E-state index contributed by atoms with van der Waals surface area (Å²) in [5, 5.41) is 6.02. The second-order valence-electron chi connectivity index (χ2n) is 8.09. The molecule has 0 bridgehead atoms. The second kappa shape index (κ2) is 9.39. The van der Waals surface area contributed by atoms with Crippen LogP contribution in [0.25, 0.3) is 11.0 Å². The van der Waals surface area contributed by atoms with Gasteiger partial charge in [0.2, 0.25) is 11.8 Å². The molecule has 2 heterocycles. The number of ether oxygens (including phenoxy) is 1. The van der Waals surface area contributed by atoms with Gasteiger partial charge in [-0.25, -0.2) is 4.98 Å². The van der Waals surface area contributed by atoms with Crippen molar-refractivity contribution < 1.29 is 14.3 Å². The number of imidazole rings is 1. The molecule has 1 atom stereocenters. The molecule has 4 rings (SSSR count). The van der Waals surface area contributed by atoms with Crippen molar-refractivity contribution in [3.05, 3.63) is 30.1 Å². The van der Waals surface area contributed by atoms with Crippen molar-refractivity contribution in [2.75, 3.05) is 13.2 Å². The van der Waals surface area contributed by atoms with E-state index in [1.165, 1.54) is 6.42 Å². The van der Waals surface area contributed by atoms with Crippen molar-refractivity contribution in [2.24, 2.45) is 5.92 Å². The third kappa shape index (κ3) is 4.96. The second-order valence-corrected chi connectivity index (χ2v) is 8.09. The Morgan fingerprint density at radius 2 is 1.90 bits per heavy atom. The smallest absolute Gasteiger partial charge is 0.240 e. The standard InChI is InChI=1S/C22H30N4O3/c27-21(23-13-17-9-6-12-29-17)15-26-19-11-5-4-10-18(19)25-20(26)14-24-22(28)16-7-2-1-3-8-16/h4-5,10-11,16-17H,1-3,6-9,12-15H2,(H,23,27)(H,24,28). The third-order valence-corrected chi connectivity index (χ3v) is 5.98. The van der Waals surface area contributed by atoms with Crippen LogP contribution in [0.15, 0.2) is 24.3 Å². The Morgan fingerprint density at radius 3 is 2.69 bits per heavy atom. The van der Waals surface area contributed by atoms with Crippen LogP contribution >= 0.6 is 0 Å². The summed E-state index contributed by atoms with van der Waals surface area (Å²) in [6.07, 6.45) is 7.57. The largest absolute Gasteiger partial charge is 0.376 e. The summed E-state index contributed by atoms with van der Waals surface area (Å²) in [6.45, 7) is 1.83. The van der Waals surface area contributed by atoms with E-state index in [1.54, 1.807) is 0 Å². The molecule has 1 aliphatic carbocycles. The molecule has 7 nitrogen and oxygen atoms in total. The van der Waals surface area contributed by atoms with Crippen molar-refractivity contribution in [1.82, 2.24) is 20.2 Å². The molecule has 2 aromatic rings. The minimum absolute atomic E-state index is 0.0662. The molecule has 156 valence electrons. The number of fused-ring (bicyclic) bond motifs is 1. The number of para-hydroxylation sites is 2. The van der Waals surface area contributed by atoms with Crippen LogP contribution < -0.4 is 10.6 Å². The number of aromatic nitrogens is 2. The van der Waals surface area contributed by atoms with Crippen molar-refractivity contribution in [1.29, 1.82) is 0 Å². The molecule has 2 amide bonds. The lowest BCUT2D eigenvalue weighted by molar-refractivity contribution is -0.126. The van der Waals surface area contributed by atoms with Gasteiger partial charge in [-0.2, -0.15) is 0 Å². The van der Waals surface area contributed by atoms with Gasteiger partial charge in [-0.05, 0) is 37.8 Å². The lowest BCUT2D eigenvalue weighted by Gasteiger charge is -2.20. The Bertz CT molecular complexity index is 851. The minimum Gasteiger partial charge on any atom is -0.376 e. The van der Waals surface area contributed by atoms with Crippen LogP contribution in [0.2, 0.25) is 0 Å². The zero-order valence-electron chi connectivity index (χ0n) is 16.9. The fraction of sp³-hybridized carbons (Fsp3) is 0.591. The minimum atomic E-state index is -0.0662. The van der Waals surface area contributed by atoms with Gasteiger partial charge in [0.1, 0.15) is 12.4 Å². The van der Waals surface area contributed by atoms with Crippen LogP contribution in [0.5, 0.6) is 0 Å². The number of carbonyl (C=O) groups excluding carboxylic acids is 2. The monoisotopic (exact) mass is 398 g/mol. The molecule has 2 fully saturated rings. The summed E-state index contributed by atoms with van der Waals surface area (Å²) in [4.78, 5) is 29.7. The number of hydrogen-bond acceptors (Lipinski definition) is 4. The number of nitrogens with zero attached hydrogens (tertiary/aromatic N) is 2. The Balaban J connectivity index is 1.42. The summed E-state index contributed by atoms with van der Waals surface area (Å²) >= 11 is 0. The van der Waals surface area contributed by atoms with Crippen LogP contribution in [0.4, 0.5) is 0 Å². The maximum atomic E-state index is 12.5. The first-order chi connectivity index (χ1) is 14.2. The predicted molar refractivity (Wildman–Crippen MR) is 110 cm³/mol. The van der Waals surface area contributed by atoms with E-state index in [0.717, 1.165) is 56.2 Å². The maximum Gasteiger partial charge on any atom is 0.240 e. The lowest BCUT2D eigenvalue weighted by atomic mass is 9.89. The van der Waals surface area contributed by atoms with Gasteiger partial charge < -0.3 is 19.9 Å². The molecule has 2 aliphatic rings. The van der Waals surface area contributed by atoms with Gasteiger partial charge >= 0.3 is 0 Å². The van der Waals surface area contributed by atoms with E-state index in [4.69, 9.17) is 4.74 Å². The van der Waals surface area contributed by atoms with Gasteiger partial charge in [0, 0.05) is 19.1 Å². The Morgan fingerprint density at radius 1 is 1.07 bits per heavy atom. The molecule has 1 aromatic carbocycles. The lowest BCUT2D eigenvalue weighted by Crippen LogP contribution is -2.35. The molecular formula is C22H30N4O3. The molecule has 2 N–H and O–H groups in total. The number of rotatable bonds is 7. The van der Waals surface area contributed by atoms with Gasteiger partial charge in [0.15, 0.2) is 0 Å². The first kappa shape index (κ1) is 19.9. The zero-order chi connectivity index (χ0) is 20.1. The maximum absolute atomic E-state index is 12.5. The van der Waals surface area contributed by atoms with E-state index in [-0.39, 0.29) is 30.4 Å². The highest BCUT2D eigenvalue weighted by atomic mass is 16.5. The number of nitrogens with one attached hydrogen (secondary N) is 2. The fourth-order valence-electron chi connectivity index (χ4n) is 4.34. The topological polar surface area (TPSA) is 85.2 Å². The summed E-state index contributed by atoms with van der Waals surface area (Å²) in [5.41, 5.74) is 1.74. The Hall–Kier alpha value is -2.41. The first-order valence-corrected chi connectivity index (χ1v) is 10.8. The number of carbonyl (C=O) groups is 2. The van der Waals surface area contributed by atoms with E-state index in [2.05, 4.69) is 15.6 Å². The van der Waals surface area contributed by atoms with Gasteiger partial charge in [-0.1, -0.05) is 31.4 Å². The van der Waals surface area contributed by atoms with E-state index in [1.807, 2.05) is 28.8 Å². The molecule has 1 aliphatic heterocycles. The van der Waals surface area contributed by atoms with Gasteiger partial charge in [0.05, 0.1) is 23.7 Å². The van der Waals surface area contributed by atoms with Crippen LogP contribution in [-0.4, -0.2) is 40.6 Å². The number of amides is 2. The molecule has 1 unspecified atom stereocenters. The van der Waals surface area contributed by atoms with E-state index in [0.29, 0.717) is 18.9 Å². The van der Waals surface area contributed by atoms with Crippen LogP contribution in [0.1, 0.15) is 50.8 Å². The van der Waals surface area contributed by atoms with Crippen molar-refractivity contribution in [2.45, 2.75) is 64.1 Å². The molecule has 7 heteroatoms. The summed E-state index contributed by atoms with van der Waals surface area (Å²) < 4.78 is 7.48. The average Bonchev–Trinajstić information content (AvgIpc) is 3.39. The van der Waals surface area contributed by atoms with Gasteiger partial charge in [0.25, 0.3) is 0 Å². The average molecular weight is 399 g/mol. The summed E-state index contributed by atoms with van der Waals surface area (Å²) in [5.74, 6) is 0.855.